The monoisotopic (exact) mass is 574 g/mol. The number of rotatable bonds is 9. The van der Waals surface area contributed by atoms with E-state index in [9.17, 15) is 14.3 Å². The molecule has 3 aromatic rings. The number of nitrogens with zero attached hydrogens (tertiary/aromatic N) is 4. The van der Waals surface area contributed by atoms with Crippen LogP contribution in [0.1, 0.15) is 114 Å². The van der Waals surface area contributed by atoms with Gasteiger partial charge in [0.1, 0.15) is 23.2 Å². The number of halogens is 1. The lowest BCUT2D eigenvalue weighted by atomic mass is 9.41. The first-order chi connectivity index (χ1) is 20.0. The highest BCUT2D eigenvalue weighted by molar-refractivity contribution is 5.94. The molecule has 42 heavy (non-hydrogen) atoms. The second kappa shape index (κ2) is 8.74. The number of carbonyl (C=O) groups excluding carboxylic acids is 1. The van der Waals surface area contributed by atoms with Crippen LogP contribution in [0, 0.1) is 10.8 Å². The van der Waals surface area contributed by atoms with Crippen LogP contribution in [-0.4, -0.2) is 38.4 Å². The van der Waals surface area contributed by atoms with Crippen molar-refractivity contribution in [1.29, 1.82) is 0 Å². The highest BCUT2D eigenvalue weighted by Crippen LogP contribution is 2.71. The van der Waals surface area contributed by atoms with Crippen LogP contribution in [0.15, 0.2) is 39.5 Å². The molecule has 7 aliphatic carbocycles. The third kappa shape index (κ3) is 4.33. The summed E-state index contributed by atoms with van der Waals surface area (Å²) in [6, 6.07) is 7.77. The number of alkyl halides is 1. The van der Waals surface area contributed by atoms with Gasteiger partial charge in [-0.15, -0.1) is 0 Å². The van der Waals surface area contributed by atoms with Crippen molar-refractivity contribution >= 4 is 11.6 Å². The minimum Gasteiger partial charge on any atom is -0.444 e. The summed E-state index contributed by atoms with van der Waals surface area (Å²) >= 11 is 0. The van der Waals surface area contributed by atoms with Crippen molar-refractivity contribution in [1.82, 2.24) is 15.1 Å². The molecular weight excluding hydrogens is 535 g/mol. The van der Waals surface area contributed by atoms with Crippen molar-refractivity contribution in [3.8, 4) is 11.5 Å². The Labute approximate surface area is 245 Å². The number of anilines is 1. The summed E-state index contributed by atoms with van der Waals surface area (Å²) in [4.78, 5) is 25.4. The van der Waals surface area contributed by atoms with E-state index in [4.69, 9.17) is 13.9 Å². The number of carbonyl (C=O) groups is 1. The number of amides is 1. The summed E-state index contributed by atoms with van der Waals surface area (Å²) < 4.78 is 25.9. The SMILES string of the molecule is CC(C)(O)c1coc(-c2cccc(N(CC34CCC(c5nc(C6CC6)no5)(CC3)CC4)C(=O)CC34CC(F)(C3)C4)c2)n1. The molecule has 8 nitrogen and oxygen atoms in total. The zero-order valence-corrected chi connectivity index (χ0v) is 24.5. The molecule has 7 aliphatic rings. The Morgan fingerprint density at radius 1 is 1.07 bits per heavy atom. The first-order valence-corrected chi connectivity index (χ1v) is 15.6. The van der Waals surface area contributed by atoms with Gasteiger partial charge in [0.05, 0.1) is 0 Å². The maximum absolute atomic E-state index is 14.4. The molecule has 222 valence electrons. The van der Waals surface area contributed by atoms with E-state index in [1.807, 2.05) is 29.2 Å². The van der Waals surface area contributed by atoms with Gasteiger partial charge in [-0.3, -0.25) is 4.79 Å². The summed E-state index contributed by atoms with van der Waals surface area (Å²) in [5, 5.41) is 14.7. The van der Waals surface area contributed by atoms with Gasteiger partial charge in [-0.25, -0.2) is 9.37 Å². The second-order valence-electron chi connectivity index (χ2n) is 15.0. The lowest BCUT2D eigenvalue weighted by Crippen LogP contribution is -2.65. The highest BCUT2D eigenvalue weighted by Gasteiger charge is 2.69. The quantitative estimate of drug-likeness (QED) is 0.302. The van der Waals surface area contributed by atoms with Crippen LogP contribution in [0.2, 0.25) is 0 Å². The number of aromatic nitrogens is 3. The Kier molecular flexibility index (Phi) is 5.53. The molecule has 1 aromatic carbocycles. The van der Waals surface area contributed by atoms with Crippen molar-refractivity contribution in [2.24, 2.45) is 10.8 Å². The molecule has 1 N–H and O–H groups in total. The van der Waals surface area contributed by atoms with E-state index in [-0.39, 0.29) is 22.2 Å². The molecule has 10 rings (SSSR count). The van der Waals surface area contributed by atoms with E-state index in [0.29, 0.717) is 49.7 Å². The molecular formula is C33H39FN4O4. The lowest BCUT2D eigenvalue weighted by molar-refractivity contribution is -0.215. The smallest absolute Gasteiger partial charge is 0.232 e. The van der Waals surface area contributed by atoms with Gasteiger partial charge in [0, 0.05) is 35.5 Å². The van der Waals surface area contributed by atoms with E-state index < -0.39 is 11.3 Å². The lowest BCUT2D eigenvalue weighted by Gasteiger charge is -2.66. The van der Waals surface area contributed by atoms with E-state index in [0.717, 1.165) is 74.3 Å². The Morgan fingerprint density at radius 2 is 1.79 bits per heavy atom. The molecule has 4 bridgehead atoms. The molecule has 0 unspecified atom stereocenters. The molecule has 2 heterocycles. The highest BCUT2D eigenvalue weighted by atomic mass is 19.1. The van der Waals surface area contributed by atoms with E-state index in [1.54, 1.807) is 13.8 Å². The van der Waals surface area contributed by atoms with Crippen molar-refractivity contribution in [3.05, 3.63) is 47.9 Å². The van der Waals surface area contributed by atoms with Crippen LogP contribution >= 0.6 is 0 Å². The van der Waals surface area contributed by atoms with Crippen LogP contribution in [-0.2, 0) is 15.8 Å². The van der Waals surface area contributed by atoms with Crippen LogP contribution in [0.25, 0.3) is 11.5 Å². The van der Waals surface area contributed by atoms with Crippen molar-refractivity contribution < 1.29 is 23.2 Å². The Morgan fingerprint density at radius 3 is 2.40 bits per heavy atom. The summed E-state index contributed by atoms with van der Waals surface area (Å²) in [7, 11) is 0. The third-order valence-corrected chi connectivity index (χ3v) is 11.2. The average molecular weight is 575 g/mol. The fourth-order valence-electron chi connectivity index (χ4n) is 8.40. The summed E-state index contributed by atoms with van der Waals surface area (Å²) in [6.07, 6.45) is 11.7. The molecule has 2 aromatic heterocycles. The Balaban J connectivity index is 1.05. The predicted octanol–water partition coefficient (Wildman–Crippen LogP) is 6.74. The summed E-state index contributed by atoms with van der Waals surface area (Å²) in [5.74, 6) is 2.65. The topological polar surface area (TPSA) is 105 Å². The Bertz CT molecular complexity index is 1500. The van der Waals surface area contributed by atoms with E-state index in [1.165, 1.54) is 6.26 Å². The van der Waals surface area contributed by atoms with Crippen LogP contribution in [0.5, 0.6) is 0 Å². The number of fused-ring (bicyclic) bond motifs is 3. The molecule has 7 saturated carbocycles. The molecule has 0 radical (unpaired) electrons. The molecule has 0 aliphatic heterocycles. The summed E-state index contributed by atoms with van der Waals surface area (Å²) in [5.41, 5.74) is -0.325. The van der Waals surface area contributed by atoms with E-state index in [2.05, 4.69) is 10.1 Å². The number of benzene rings is 1. The van der Waals surface area contributed by atoms with Gasteiger partial charge in [0.15, 0.2) is 5.82 Å². The largest absolute Gasteiger partial charge is 0.444 e. The normalized spacial score (nSPS) is 33.2. The molecule has 1 amide bonds. The fraction of sp³-hybridized carbons (Fsp3) is 0.636. The fourth-order valence-corrected chi connectivity index (χ4v) is 8.40. The standard InChI is InChI=1S/C33H39FN4O4/c1-29(2,40)24-16-41-27(35-24)22-4-3-5-23(14-22)38(25(39)15-31-17-33(34,18-31)19-31)20-30-8-11-32(12-9-30,13-10-30)28-36-26(37-42-28)21-6-7-21/h3-5,14,16,21,40H,6-13,15,17-20H2,1-2H3. The van der Waals surface area contributed by atoms with Crippen LogP contribution in [0.4, 0.5) is 10.1 Å². The molecule has 0 atom stereocenters. The molecule has 9 heteroatoms. The Hall–Kier alpha value is -3.07. The van der Waals surface area contributed by atoms with Gasteiger partial charge < -0.3 is 18.9 Å². The van der Waals surface area contributed by atoms with Gasteiger partial charge in [-0.1, -0.05) is 11.2 Å². The van der Waals surface area contributed by atoms with Gasteiger partial charge in [-0.05, 0) is 114 Å². The number of hydrogen-bond acceptors (Lipinski definition) is 7. The molecule has 7 fully saturated rings. The summed E-state index contributed by atoms with van der Waals surface area (Å²) in [6.45, 7) is 3.98. The van der Waals surface area contributed by atoms with Crippen molar-refractivity contribution in [2.45, 2.75) is 114 Å². The average Bonchev–Trinajstić information content (AvgIpc) is 3.43. The third-order valence-electron chi connectivity index (χ3n) is 11.2. The van der Waals surface area contributed by atoms with Gasteiger partial charge >= 0.3 is 0 Å². The second-order valence-corrected chi connectivity index (χ2v) is 15.0. The number of aliphatic hydroxyl groups is 1. The first-order valence-electron chi connectivity index (χ1n) is 15.6. The minimum atomic E-state index is -1.12. The van der Waals surface area contributed by atoms with Crippen LogP contribution in [0.3, 0.4) is 0 Å². The van der Waals surface area contributed by atoms with Crippen LogP contribution < -0.4 is 4.90 Å². The van der Waals surface area contributed by atoms with E-state index >= 15 is 0 Å². The maximum Gasteiger partial charge on any atom is 0.232 e. The molecule has 0 saturated heterocycles. The zero-order valence-electron chi connectivity index (χ0n) is 24.5. The van der Waals surface area contributed by atoms with Gasteiger partial charge in [-0.2, -0.15) is 4.98 Å². The molecule has 0 spiro atoms. The number of hydrogen-bond donors (Lipinski definition) is 1. The first kappa shape index (κ1) is 26.5. The zero-order chi connectivity index (χ0) is 29.0. The van der Waals surface area contributed by atoms with Gasteiger partial charge in [0.2, 0.25) is 17.7 Å². The number of oxazole rings is 1. The predicted molar refractivity (Wildman–Crippen MR) is 152 cm³/mol. The maximum atomic E-state index is 14.4. The van der Waals surface area contributed by atoms with Crippen molar-refractivity contribution in [3.63, 3.8) is 0 Å². The minimum absolute atomic E-state index is 0.0184. The van der Waals surface area contributed by atoms with Gasteiger partial charge in [0.25, 0.3) is 0 Å². The van der Waals surface area contributed by atoms with Crippen molar-refractivity contribution in [2.75, 3.05) is 11.4 Å².